The maximum Gasteiger partial charge on any atom is 0.330 e. The van der Waals surface area contributed by atoms with Crippen LogP contribution in [-0.2, 0) is 6.42 Å². The van der Waals surface area contributed by atoms with Crippen LogP contribution < -0.4 is 10.7 Å². The lowest BCUT2D eigenvalue weighted by molar-refractivity contribution is -0.340. The second-order valence-electron chi connectivity index (χ2n) is 6.00. The van der Waals surface area contributed by atoms with Crippen molar-refractivity contribution in [3.05, 3.63) is 70.4 Å². The molecule has 0 radical (unpaired) electrons. The highest BCUT2D eigenvalue weighted by Crippen LogP contribution is 2.40. The Bertz CT molecular complexity index is 1050. The number of rotatable bonds is 2. The molecule has 1 aliphatic rings. The highest BCUT2D eigenvalue weighted by Gasteiger charge is 2.25. The summed E-state index contributed by atoms with van der Waals surface area (Å²) < 4.78 is 0. The summed E-state index contributed by atoms with van der Waals surface area (Å²) in [6.45, 7) is 0. The van der Waals surface area contributed by atoms with Crippen LogP contribution in [0.3, 0.4) is 0 Å². The van der Waals surface area contributed by atoms with Crippen molar-refractivity contribution in [3.63, 3.8) is 0 Å². The number of nitrogens with two attached hydrogens (primary N) is 1. The normalized spacial score (nSPS) is 12.2. The topological polar surface area (TPSA) is 40.2 Å². The van der Waals surface area contributed by atoms with Crippen LogP contribution in [0.5, 0.6) is 0 Å². The molecule has 116 valence electrons. The standard InChI is InChI=1S/C20H14N2S2/c21-20-22-19-16-7-6-13(10-15(16)11-18(19)24-20)12-3-1-4-14(9-12)17-5-2-8-23-17/h1-10H,11H2,(H2,21,22)/p+1. The van der Waals surface area contributed by atoms with Gasteiger partial charge in [0.15, 0.2) is 0 Å². The van der Waals surface area contributed by atoms with Crippen molar-refractivity contribution in [3.8, 4) is 32.8 Å². The number of aromatic amines is 1. The van der Waals surface area contributed by atoms with E-state index < -0.39 is 0 Å². The van der Waals surface area contributed by atoms with E-state index >= 15 is 0 Å². The van der Waals surface area contributed by atoms with E-state index in [2.05, 4.69) is 65.0 Å². The molecule has 2 nitrogen and oxygen atoms in total. The van der Waals surface area contributed by atoms with Gasteiger partial charge < -0.3 is 0 Å². The number of thiazole rings is 1. The Morgan fingerprint density at radius 2 is 1.79 bits per heavy atom. The lowest BCUT2D eigenvalue weighted by Gasteiger charge is -2.07. The molecule has 2 heterocycles. The van der Waals surface area contributed by atoms with Gasteiger partial charge in [-0.15, -0.1) is 11.3 Å². The van der Waals surface area contributed by atoms with E-state index in [1.54, 1.807) is 22.7 Å². The van der Waals surface area contributed by atoms with Crippen molar-refractivity contribution in [1.29, 1.82) is 0 Å². The third-order valence-electron chi connectivity index (χ3n) is 4.49. The molecule has 0 bridgehead atoms. The van der Waals surface area contributed by atoms with Crippen molar-refractivity contribution in [1.82, 2.24) is 0 Å². The van der Waals surface area contributed by atoms with Crippen molar-refractivity contribution >= 4 is 27.8 Å². The zero-order valence-corrected chi connectivity index (χ0v) is 14.5. The fraction of sp³-hybridized carbons (Fsp3) is 0.0500. The van der Waals surface area contributed by atoms with Gasteiger partial charge in [0.05, 0.1) is 4.88 Å². The Morgan fingerprint density at radius 3 is 2.67 bits per heavy atom. The van der Waals surface area contributed by atoms with Crippen molar-refractivity contribution in [2.24, 2.45) is 0 Å². The van der Waals surface area contributed by atoms with Gasteiger partial charge in [0.25, 0.3) is 0 Å². The quantitative estimate of drug-likeness (QED) is 0.473. The largest absolute Gasteiger partial charge is 0.330 e. The van der Waals surface area contributed by atoms with Crippen molar-refractivity contribution < 1.29 is 4.98 Å². The first-order valence-electron chi connectivity index (χ1n) is 7.86. The number of nitrogens with one attached hydrogen (secondary N) is 1. The molecule has 0 spiro atoms. The monoisotopic (exact) mass is 347 g/mol. The van der Waals surface area contributed by atoms with Crippen LogP contribution in [0.4, 0.5) is 5.13 Å². The number of fused-ring (bicyclic) bond motifs is 3. The predicted molar refractivity (Wildman–Crippen MR) is 102 cm³/mol. The van der Waals surface area contributed by atoms with Gasteiger partial charge in [0.2, 0.25) is 0 Å². The van der Waals surface area contributed by atoms with Crippen molar-refractivity contribution in [2.75, 3.05) is 5.73 Å². The number of hydrogen-bond donors (Lipinski definition) is 1. The average Bonchev–Trinajstić information content (AvgIpc) is 3.30. The van der Waals surface area contributed by atoms with Crippen LogP contribution in [0.15, 0.2) is 60.0 Å². The summed E-state index contributed by atoms with van der Waals surface area (Å²) in [6, 6.07) is 19.8. The smallest absolute Gasteiger partial charge is 0.278 e. The van der Waals surface area contributed by atoms with Gasteiger partial charge in [-0.25, -0.2) is 4.98 Å². The summed E-state index contributed by atoms with van der Waals surface area (Å²) in [5, 5.41) is 2.91. The SMILES string of the molecule is Nc1[nH+]c2c(s1)Cc1cc(-c3cccc(-c4cccs4)c3)ccc1-2. The fourth-order valence-electron chi connectivity index (χ4n) is 3.38. The van der Waals surface area contributed by atoms with Crippen LogP contribution in [0.1, 0.15) is 10.4 Å². The number of anilines is 1. The molecule has 0 unspecified atom stereocenters. The minimum absolute atomic E-state index is 0.790. The predicted octanol–water partition coefficient (Wildman–Crippen LogP) is 5.11. The van der Waals surface area contributed by atoms with E-state index in [0.29, 0.717) is 0 Å². The first-order chi connectivity index (χ1) is 11.8. The number of nitrogen functional groups attached to an aromatic ring is 1. The molecule has 0 saturated heterocycles. The van der Waals surface area contributed by atoms with E-state index in [1.807, 2.05) is 0 Å². The molecule has 4 heteroatoms. The highest BCUT2D eigenvalue weighted by atomic mass is 32.1. The molecule has 1 aliphatic carbocycles. The molecule has 0 fully saturated rings. The minimum atomic E-state index is 0.790. The molecule has 0 atom stereocenters. The lowest BCUT2D eigenvalue weighted by atomic mass is 9.98. The molecule has 3 N–H and O–H groups in total. The molecular weight excluding hydrogens is 332 g/mol. The van der Waals surface area contributed by atoms with Gasteiger partial charge in [-0.3, -0.25) is 5.73 Å². The first kappa shape index (κ1) is 14.0. The molecule has 24 heavy (non-hydrogen) atoms. The van der Waals surface area contributed by atoms with Gasteiger partial charge in [-0.1, -0.05) is 47.7 Å². The van der Waals surface area contributed by atoms with E-state index in [1.165, 1.54) is 43.3 Å². The first-order valence-corrected chi connectivity index (χ1v) is 9.55. The molecule has 2 aromatic heterocycles. The molecule has 0 amide bonds. The van der Waals surface area contributed by atoms with E-state index in [4.69, 9.17) is 5.73 Å². The second kappa shape index (κ2) is 5.30. The lowest BCUT2D eigenvalue weighted by Crippen LogP contribution is -2.06. The second-order valence-corrected chi connectivity index (χ2v) is 8.08. The third-order valence-corrected chi connectivity index (χ3v) is 6.32. The fourth-order valence-corrected chi connectivity index (χ4v) is 5.01. The molecule has 2 aromatic carbocycles. The van der Waals surface area contributed by atoms with Crippen LogP contribution in [0, 0.1) is 0 Å². The zero-order valence-electron chi connectivity index (χ0n) is 12.9. The van der Waals surface area contributed by atoms with Crippen LogP contribution in [-0.4, -0.2) is 0 Å². The minimum Gasteiger partial charge on any atom is -0.278 e. The average molecular weight is 347 g/mol. The van der Waals surface area contributed by atoms with E-state index in [0.717, 1.165) is 11.6 Å². The Kier molecular flexibility index (Phi) is 3.08. The van der Waals surface area contributed by atoms with Gasteiger partial charge in [0.1, 0.15) is 5.69 Å². The number of thiophene rings is 1. The maximum absolute atomic E-state index is 5.89. The summed E-state index contributed by atoms with van der Waals surface area (Å²) in [5.74, 6) is 0. The Balaban J connectivity index is 1.57. The van der Waals surface area contributed by atoms with Crippen LogP contribution in [0.25, 0.3) is 32.8 Å². The molecule has 4 aromatic rings. The van der Waals surface area contributed by atoms with Gasteiger partial charge in [-0.2, -0.15) is 0 Å². The van der Waals surface area contributed by atoms with Gasteiger partial charge >= 0.3 is 5.13 Å². The summed E-state index contributed by atoms with van der Waals surface area (Å²) in [5.41, 5.74) is 13.6. The Hall–Kier alpha value is -2.43. The maximum atomic E-state index is 5.89. The van der Waals surface area contributed by atoms with E-state index in [-0.39, 0.29) is 0 Å². The van der Waals surface area contributed by atoms with E-state index in [9.17, 15) is 0 Å². The number of hydrogen-bond acceptors (Lipinski definition) is 3. The highest BCUT2D eigenvalue weighted by molar-refractivity contribution is 7.15. The summed E-state index contributed by atoms with van der Waals surface area (Å²) in [4.78, 5) is 5.95. The van der Waals surface area contributed by atoms with Crippen LogP contribution >= 0.6 is 22.7 Å². The molecule has 0 aliphatic heterocycles. The Morgan fingerprint density at radius 1 is 0.917 bits per heavy atom. The summed E-state index contributed by atoms with van der Waals surface area (Å²) in [6.07, 6.45) is 0.974. The summed E-state index contributed by atoms with van der Waals surface area (Å²) >= 11 is 3.44. The third kappa shape index (κ3) is 2.19. The van der Waals surface area contributed by atoms with Crippen LogP contribution in [0.2, 0.25) is 0 Å². The number of H-pyrrole nitrogens is 1. The zero-order chi connectivity index (χ0) is 16.1. The molecular formula is C20H15N2S2+. The Labute approximate surface area is 148 Å². The van der Waals surface area contributed by atoms with Gasteiger partial charge in [-0.05, 0) is 45.8 Å². The molecule has 0 saturated carbocycles. The number of aromatic nitrogens is 1. The van der Waals surface area contributed by atoms with Gasteiger partial charge in [0, 0.05) is 16.9 Å². The van der Waals surface area contributed by atoms with Crippen molar-refractivity contribution in [2.45, 2.75) is 6.42 Å². The summed E-state index contributed by atoms with van der Waals surface area (Å²) in [7, 11) is 0. The number of benzene rings is 2. The molecule has 5 rings (SSSR count).